The van der Waals surface area contributed by atoms with Crippen molar-refractivity contribution in [1.82, 2.24) is 10.2 Å². The molecule has 0 atom stereocenters. The Hall–Kier alpha value is -3.24. The molecule has 29 heavy (non-hydrogen) atoms. The van der Waals surface area contributed by atoms with E-state index in [0.717, 1.165) is 16.9 Å². The predicted molar refractivity (Wildman–Crippen MR) is 112 cm³/mol. The number of aromatic nitrogens is 2. The molecule has 3 aromatic rings. The van der Waals surface area contributed by atoms with Crippen LogP contribution in [0.4, 0.5) is 10.8 Å². The lowest BCUT2D eigenvalue weighted by atomic mass is 10.1. The van der Waals surface area contributed by atoms with E-state index in [-0.39, 0.29) is 9.47 Å². The van der Waals surface area contributed by atoms with Gasteiger partial charge in [-0.2, -0.15) is 8.42 Å². The number of anilines is 2. The highest BCUT2D eigenvalue weighted by Gasteiger charge is 2.21. The van der Waals surface area contributed by atoms with Crippen molar-refractivity contribution in [3.05, 3.63) is 72.3 Å². The molecule has 8 nitrogen and oxygen atoms in total. The van der Waals surface area contributed by atoms with Crippen molar-refractivity contribution in [3.8, 4) is 5.75 Å². The maximum atomic E-state index is 12.5. The number of hydrogen-bond acceptors (Lipinski definition) is 7. The van der Waals surface area contributed by atoms with Gasteiger partial charge >= 0.3 is 0 Å². The second kappa shape index (κ2) is 8.84. The first-order valence-corrected chi connectivity index (χ1v) is 10.8. The Morgan fingerprint density at radius 3 is 2.66 bits per heavy atom. The molecule has 1 heterocycles. The van der Waals surface area contributed by atoms with Gasteiger partial charge in [-0.1, -0.05) is 41.7 Å². The van der Waals surface area contributed by atoms with Gasteiger partial charge in [-0.3, -0.25) is 14.8 Å². The fraction of sp³-hybridized carbons (Fsp3) is 0.105. The molecule has 0 saturated heterocycles. The molecule has 3 rings (SSSR count). The minimum atomic E-state index is -3.94. The van der Waals surface area contributed by atoms with Gasteiger partial charge in [0.1, 0.15) is 12.4 Å². The van der Waals surface area contributed by atoms with E-state index in [4.69, 9.17) is 4.74 Å². The number of hydrogen-bond donors (Lipinski definition) is 2. The fourth-order valence-corrected chi connectivity index (χ4v) is 4.25. The van der Waals surface area contributed by atoms with Crippen LogP contribution in [0.3, 0.4) is 0 Å². The molecule has 1 aromatic heterocycles. The van der Waals surface area contributed by atoms with Crippen molar-refractivity contribution in [2.45, 2.75) is 11.3 Å². The van der Waals surface area contributed by atoms with E-state index in [0.29, 0.717) is 23.6 Å². The van der Waals surface area contributed by atoms with Crippen molar-refractivity contribution in [1.29, 1.82) is 0 Å². The van der Waals surface area contributed by atoms with Crippen LogP contribution in [0.5, 0.6) is 5.75 Å². The van der Waals surface area contributed by atoms with Crippen molar-refractivity contribution >= 4 is 38.1 Å². The van der Waals surface area contributed by atoms with Crippen LogP contribution in [-0.4, -0.2) is 31.1 Å². The van der Waals surface area contributed by atoms with Gasteiger partial charge in [0.05, 0.1) is 0 Å². The number of benzene rings is 2. The highest BCUT2D eigenvalue weighted by atomic mass is 32.2. The number of rotatable bonds is 8. The summed E-state index contributed by atoms with van der Waals surface area (Å²) in [5, 5.41) is 10.1. The van der Waals surface area contributed by atoms with E-state index >= 15 is 0 Å². The van der Waals surface area contributed by atoms with E-state index < -0.39 is 15.9 Å². The highest BCUT2D eigenvalue weighted by molar-refractivity contribution is 7.94. The molecule has 0 saturated carbocycles. The molecule has 2 aromatic carbocycles. The smallest absolute Gasteiger partial charge is 0.291 e. The maximum Gasteiger partial charge on any atom is 0.291 e. The summed E-state index contributed by atoms with van der Waals surface area (Å²) in [4.78, 5) is 12.3. The normalized spacial score (nSPS) is 10.9. The molecule has 0 radical (unpaired) electrons. The first kappa shape index (κ1) is 20.5. The van der Waals surface area contributed by atoms with E-state index in [1.165, 1.54) is 0 Å². The van der Waals surface area contributed by atoms with Crippen LogP contribution in [-0.2, 0) is 10.0 Å². The third-order valence-electron chi connectivity index (χ3n) is 3.61. The summed E-state index contributed by atoms with van der Waals surface area (Å²) in [5.74, 6) is 0.196. The van der Waals surface area contributed by atoms with Gasteiger partial charge in [0.2, 0.25) is 5.13 Å². The van der Waals surface area contributed by atoms with Crippen LogP contribution in [0.25, 0.3) is 0 Å². The Morgan fingerprint density at radius 1 is 1.21 bits per heavy atom. The Balaban J connectivity index is 1.68. The lowest BCUT2D eigenvalue weighted by Crippen LogP contribution is -2.12. The summed E-state index contributed by atoms with van der Waals surface area (Å²) in [6.45, 7) is 5.79. The number of amides is 1. The first-order chi connectivity index (χ1) is 13.9. The van der Waals surface area contributed by atoms with Gasteiger partial charge in [0, 0.05) is 11.3 Å². The average molecular weight is 431 g/mol. The van der Waals surface area contributed by atoms with Gasteiger partial charge in [-0.15, -0.1) is 10.2 Å². The molecular weight excluding hydrogens is 412 g/mol. The van der Waals surface area contributed by atoms with Crippen LogP contribution < -0.4 is 14.8 Å². The molecule has 0 aliphatic rings. The van der Waals surface area contributed by atoms with Gasteiger partial charge in [0.15, 0.2) is 0 Å². The molecular formula is C19H18N4O4S2. The molecule has 0 aliphatic heterocycles. The van der Waals surface area contributed by atoms with Crippen LogP contribution in [0.2, 0.25) is 0 Å². The number of carbonyl (C=O) groups is 1. The molecule has 10 heteroatoms. The third kappa shape index (κ3) is 5.39. The molecule has 150 valence electrons. The average Bonchev–Trinajstić information content (AvgIpc) is 3.17. The summed E-state index contributed by atoms with van der Waals surface area (Å²) < 4.78 is 32.5. The topological polar surface area (TPSA) is 110 Å². The maximum absolute atomic E-state index is 12.5. The summed E-state index contributed by atoms with van der Waals surface area (Å²) in [6.07, 6.45) is 1.61. The van der Waals surface area contributed by atoms with Crippen molar-refractivity contribution in [3.63, 3.8) is 0 Å². The molecule has 1 amide bonds. The quantitative estimate of drug-likeness (QED) is 0.418. The summed E-state index contributed by atoms with van der Waals surface area (Å²) in [6, 6.07) is 13.4. The molecule has 0 aliphatic carbocycles. The number of sulfonamides is 1. The van der Waals surface area contributed by atoms with Crippen LogP contribution in [0.15, 0.2) is 65.5 Å². The Bertz CT molecular complexity index is 1130. The third-order valence-corrected chi connectivity index (χ3v) is 6.20. The highest BCUT2D eigenvalue weighted by Crippen LogP contribution is 2.24. The zero-order valence-electron chi connectivity index (χ0n) is 15.5. The second-order valence-electron chi connectivity index (χ2n) is 5.93. The number of carbonyl (C=O) groups excluding carboxylic acids is 1. The SMILES string of the molecule is C=CCOc1ccc(NS(=O)(=O)c2nnc(NC(=O)c3cccc(C)c3)s2)cc1. The number of nitrogens with one attached hydrogen (secondary N) is 2. The standard InChI is InChI=1S/C19H18N4O4S2/c1-3-11-27-16-9-7-15(8-10-16)23-29(25,26)19-22-21-18(28-19)20-17(24)14-6-4-5-13(2)12-14/h3-10,12,23H,1,11H2,2H3,(H,20,21,24). The minimum Gasteiger partial charge on any atom is -0.490 e. The molecule has 0 bridgehead atoms. The van der Waals surface area contributed by atoms with Gasteiger partial charge in [0.25, 0.3) is 20.3 Å². The van der Waals surface area contributed by atoms with Crippen molar-refractivity contribution < 1.29 is 17.9 Å². The monoisotopic (exact) mass is 430 g/mol. The van der Waals surface area contributed by atoms with Gasteiger partial charge < -0.3 is 4.74 Å². The summed E-state index contributed by atoms with van der Waals surface area (Å²) in [7, 11) is -3.94. The summed E-state index contributed by atoms with van der Waals surface area (Å²) in [5.41, 5.74) is 1.72. The lowest BCUT2D eigenvalue weighted by Gasteiger charge is -2.07. The number of ether oxygens (including phenoxy) is 1. The van der Waals surface area contributed by atoms with E-state index in [1.807, 2.05) is 13.0 Å². The van der Waals surface area contributed by atoms with Gasteiger partial charge in [-0.05, 0) is 43.3 Å². The first-order valence-electron chi connectivity index (χ1n) is 8.45. The Kier molecular flexibility index (Phi) is 6.25. The van der Waals surface area contributed by atoms with E-state index in [1.54, 1.807) is 48.5 Å². The van der Waals surface area contributed by atoms with Crippen molar-refractivity contribution in [2.24, 2.45) is 0 Å². The Morgan fingerprint density at radius 2 is 1.97 bits per heavy atom. The van der Waals surface area contributed by atoms with Crippen molar-refractivity contribution in [2.75, 3.05) is 16.6 Å². The zero-order valence-corrected chi connectivity index (χ0v) is 17.1. The number of aryl methyl sites for hydroxylation is 1. The summed E-state index contributed by atoms with van der Waals surface area (Å²) >= 11 is 0.760. The fourth-order valence-electron chi connectivity index (χ4n) is 2.30. The lowest BCUT2D eigenvalue weighted by molar-refractivity contribution is 0.102. The molecule has 2 N–H and O–H groups in total. The second-order valence-corrected chi connectivity index (χ2v) is 8.76. The predicted octanol–water partition coefficient (Wildman–Crippen LogP) is 3.46. The van der Waals surface area contributed by atoms with Crippen LogP contribution in [0.1, 0.15) is 15.9 Å². The van der Waals surface area contributed by atoms with E-state index in [2.05, 4.69) is 26.8 Å². The minimum absolute atomic E-state index is 0.0880. The largest absolute Gasteiger partial charge is 0.490 e. The molecule has 0 unspecified atom stereocenters. The zero-order chi connectivity index (χ0) is 20.9. The van der Waals surface area contributed by atoms with Crippen LogP contribution >= 0.6 is 11.3 Å². The Labute approximate surface area is 172 Å². The molecule has 0 fully saturated rings. The molecule has 0 spiro atoms. The van der Waals surface area contributed by atoms with Crippen LogP contribution in [0, 0.1) is 6.92 Å². The number of nitrogens with zero attached hydrogens (tertiary/aromatic N) is 2. The van der Waals surface area contributed by atoms with Gasteiger partial charge in [-0.25, -0.2) is 0 Å². The van der Waals surface area contributed by atoms with E-state index in [9.17, 15) is 13.2 Å².